The van der Waals surface area contributed by atoms with Crippen molar-refractivity contribution in [3.8, 4) is 0 Å². The zero-order chi connectivity index (χ0) is 19.7. The first-order valence-electron chi connectivity index (χ1n) is 9.22. The number of nitrogens with zero attached hydrogens (tertiary/aromatic N) is 2. The highest BCUT2D eigenvalue weighted by atomic mass is 127. The molecule has 2 saturated heterocycles. The number of piperidine rings is 1. The van der Waals surface area contributed by atoms with E-state index in [2.05, 4.69) is 22.6 Å². The average Bonchev–Trinajstić information content (AvgIpc) is 2.99. The van der Waals surface area contributed by atoms with E-state index < -0.39 is 5.60 Å². The highest BCUT2D eigenvalue weighted by molar-refractivity contribution is 14.1. The number of hydrogen-bond acceptors (Lipinski definition) is 3. The lowest BCUT2D eigenvalue weighted by Crippen LogP contribution is -2.48. The fourth-order valence-corrected chi connectivity index (χ4v) is 4.38. The molecule has 0 unspecified atom stereocenters. The molecule has 4 rings (SSSR count). The molecule has 2 amide bonds. The Hall–Kier alpha value is -1.80. The van der Waals surface area contributed by atoms with Gasteiger partial charge in [-0.3, -0.25) is 9.69 Å². The van der Waals surface area contributed by atoms with Crippen LogP contribution >= 0.6 is 34.2 Å². The second-order valence-electron chi connectivity index (χ2n) is 7.31. The highest BCUT2D eigenvalue weighted by Gasteiger charge is 2.47. The lowest BCUT2D eigenvalue weighted by molar-refractivity contribution is 0.00314. The van der Waals surface area contributed by atoms with Gasteiger partial charge in [-0.2, -0.15) is 0 Å². The van der Waals surface area contributed by atoms with Crippen LogP contribution in [-0.2, 0) is 11.3 Å². The number of amides is 2. The molecule has 2 aromatic rings. The molecule has 2 aliphatic rings. The van der Waals surface area contributed by atoms with Gasteiger partial charge in [-0.25, -0.2) is 4.79 Å². The molecular weight excluding hydrogens is 491 g/mol. The summed E-state index contributed by atoms with van der Waals surface area (Å²) in [6.45, 7) is 2.20. The minimum absolute atomic E-state index is 0.0690. The van der Waals surface area contributed by atoms with E-state index in [0.29, 0.717) is 49.6 Å². The average molecular weight is 511 g/mol. The van der Waals surface area contributed by atoms with Gasteiger partial charge < -0.3 is 9.64 Å². The van der Waals surface area contributed by atoms with Crippen LogP contribution in [0.3, 0.4) is 0 Å². The van der Waals surface area contributed by atoms with E-state index >= 15 is 0 Å². The predicted octanol–water partition coefficient (Wildman–Crippen LogP) is 4.57. The van der Waals surface area contributed by atoms with Crippen molar-refractivity contribution in [2.24, 2.45) is 0 Å². The van der Waals surface area contributed by atoms with Crippen LogP contribution in [0.15, 0.2) is 48.5 Å². The summed E-state index contributed by atoms with van der Waals surface area (Å²) in [4.78, 5) is 28.7. The summed E-state index contributed by atoms with van der Waals surface area (Å²) in [6.07, 6.45) is 1.00. The van der Waals surface area contributed by atoms with Crippen molar-refractivity contribution < 1.29 is 14.3 Å². The smallest absolute Gasteiger partial charge is 0.410 e. The highest BCUT2D eigenvalue weighted by Crippen LogP contribution is 2.34. The van der Waals surface area contributed by atoms with Crippen LogP contribution in [0.2, 0.25) is 5.02 Å². The van der Waals surface area contributed by atoms with Gasteiger partial charge >= 0.3 is 6.09 Å². The molecule has 5 nitrogen and oxygen atoms in total. The normalized spacial score (nSPS) is 18.4. The first kappa shape index (κ1) is 19.5. The SMILES string of the molecule is O=C1OC2(CCN(C(=O)c3ccccc3Cl)CC2)CN1Cc1ccc(I)cc1. The van der Waals surface area contributed by atoms with Gasteiger partial charge in [-0.05, 0) is 52.4 Å². The maximum absolute atomic E-state index is 12.7. The minimum atomic E-state index is -0.502. The van der Waals surface area contributed by atoms with Gasteiger partial charge in [0.15, 0.2) is 0 Å². The Bertz CT molecular complexity index is 895. The number of hydrogen-bond donors (Lipinski definition) is 0. The Morgan fingerprint density at radius 2 is 1.79 bits per heavy atom. The first-order chi connectivity index (χ1) is 13.5. The van der Waals surface area contributed by atoms with E-state index in [1.54, 1.807) is 21.9 Å². The van der Waals surface area contributed by atoms with Crippen LogP contribution in [0.4, 0.5) is 4.79 Å². The molecule has 0 atom stereocenters. The molecule has 0 aromatic heterocycles. The van der Waals surface area contributed by atoms with E-state index in [9.17, 15) is 9.59 Å². The third-order valence-corrected chi connectivity index (χ3v) is 6.44. The fraction of sp³-hybridized carbons (Fsp3) is 0.333. The van der Waals surface area contributed by atoms with Crippen molar-refractivity contribution in [2.45, 2.75) is 25.0 Å². The number of benzene rings is 2. The van der Waals surface area contributed by atoms with Crippen LogP contribution in [0.5, 0.6) is 0 Å². The van der Waals surface area contributed by atoms with Gasteiger partial charge in [0.2, 0.25) is 0 Å². The molecule has 0 saturated carbocycles. The zero-order valence-electron chi connectivity index (χ0n) is 15.2. The van der Waals surface area contributed by atoms with Crippen molar-refractivity contribution in [3.63, 3.8) is 0 Å². The summed E-state index contributed by atoms with van der Waals surface area (Å²) in [6, 6.07) is 15.2. The van der Waals surface area contributed by atoms with Gasteiger partial charge in [-0.1, -0.05) is 35.9 Å². The summed E-state index contributed by atoms with van der Waals surface area (Å²) in [7, 11) is 0. The maximum Gasteiger partial charge on any atom is 0.410 e. The summed E-state index contributed by atoms with van der Waals surface area (Å²) in [5.74, 6) is -0.0690. The summed E-state index contributed by atoms with van der Waals surface area (Å²) in [5.41, 5.74) is 1.10. The Morgan fingerprint density at radius 1 is 1.11 bits per heavy atom. The van der Waals surface area contributed by atoms with Crippen molar-refractivity contribution in [1.82, 2.24) is 9.80 Å². The Kier molecular flexibility index (Phi) is 5.51. The number of carbonyl (C=O) groups excluding carboxylic acids is 2. The summed E-state index contributed by atoms with van der Waals surface area (Å²) in [5, 5.41) is 0.462. The molecule has 146 valence electrons. The van der Waals surface area contributed by atoms with Crippen molar-refractivity contribution in [1.29, 1.82) is 0 Å². The predicted molar refractivity (Wildman–Crippen MR) is 115 cm³/mol. The number of halogens is 2. The third kappa shape index (κ3) is 3.98. The van der Waals surface area contributed by atoms with Gasteiger partial charge in [0, 0.05) is 36.0 Å². The van der Waals surface area contributed by atoms with Crippen LogP contribution in [0.25, 0.3) is 0 Å². The summed E-state index contributed by atoms with van der Waals surface area (Å²) >= 11 is 8.42. The fourth-order valence-electron chi connectivity index (χ4n) is 3.81. The second kappa shape index (κ2) is 7.91. The van der Waals surface area contributed by atoms with E-state index in [1.165, 1.54) is 0 Å². The largest absolute Gasteiger partial charge is 0.441 e. The Labute approximate surface area is 182 Å². The zero-order valence-corrected chi connectivity index (χ0v) is 18.1. The molecule has 2 aromatic carbocycles. The summed E-state index contributed by atoms with van der Waals surface area (Å²) < 4.78 is 6.94. The topological polar surface area (TPSA) is 49.9 Å². The molecule has 0 N–H and O–H groups in total. The third-order valence-electron chi connectivity index (χ3n) is 5.39. The molecule has 2 aliphatic heterocycles. The van der Waals surface area contributed by atoms with Gasteiger partial charge in [0.25, 0.3) is 5.91 Å². The number of carbonyl (C=O) groups is 2. The standard InChI is InChI=1S/C21H20ClIN2O3/c22-18-4-2-1-3-17(18)19(26)24-11-9-21(10-12-24)14-25(20(27)28-21)13-15-5-7-16(23)8-6-15/h1-8H,9-14H2. The molecule has 0 bridgehead atoms. The number of rotatable bonds is 3. The molecule has 2 fully saturated rings. The molecule has 2 heterocycles. The van der Waals surface area contributed by atoms with Crippen LogP contribution in [-0.4, -0.2) is 47.0 Å². The van der Waals surface area contributed by atoms with Crippen molar-refractivity contribution in [2.75, 3.05) is 19.6 Å². The van der Waals surface area contributed by atoms with Crippen LogP contribution in [0, 0.1) is 3.57 Å². The maximum atomic E-state index is 12.7. The molecule has 1 spiro atoms. The number of ether oxygens (including phenoxy) is 1. The Balaban J connectivity index is 1.39. The monoisotopic (exact) mass is 510 g/mol. The number of likely N-dealkylation sites (tertiary alicyclic amines) is 1. The molecule has 7 heteroatoms. The molecule has 28 heavy (non-hydrogen) atoms. The van der Waals surface area contributed by atoms with Gasteiger partial charge in [-0.15, -0.1) is 0 Å². The van der Waals surface area contributed by atoms with E-state index in [0.717, 1.165) is 9.13 Å². The van der Waals surface area contributed by atoms with Crippen molar-refractivity contribution in [3.05, 3.63) is 68.3 Å². The lowest BCUT2D eigenvalue weighted by atomic mass is 9.91. The second-order valence-corrected chi connectivity index (χ2v) is 8.96. The first-order valence-corrected chi connectivity index (χ1v) is 10.7. The molecular formula is C21H20ClIN2O3. The van der Waals surface area contributed by atoms with Gasteiger partial charge in [0.05, 0.1) is 17.1 Å². The quantitative estimate of drug-likeness (QED) is 0.569. The Morgan fingerprint density at radius 3 is 2.46 bits per heavy atom. The molecule has 0 radical (unpaired) electrons. The minimum Gasteiger partial charge on any atom is -0.441 e. The van der Waals surface area contributed by atoms with Crippen molar-refractivity contribution >= 4 is 46.2 Å². The lowest BCUT2D eigenvalue weighted by Gasteiger charge is -2.37. The van der Waals surface area contributed by atoms with Crippen LogP contribution in [0.1, 0.15) is 28.8 Å². The van der Waals surface area contributed by atoms with E-state index in [-0.39, 0.29) is 12.0 Å². The van der Waals surface area contributed by atoms with Crippen LogP contribution < -0.4 is 0 Å². The van der Waals surface area contributed by atoms with E-state index in [4.69, 9.17) is 16.3 Å². The van der Waals surface area contributed by atoms with E-state index in [1.807, 2.05) is 36.4 Å². The van der Waals surface area contributed by atoms with Gasteiger partial charge in [0.1, 0.15) is 5.60 Å². The molecule has 0 aliphatic carbocycles.